The molecule has 0 saturated carbocycles. The molecule has 0 saturated heterocycles. The smallest absolute Gasteiger partial charge is 0.0491 e. The van der Waals surface area contributed by atoms with Gasteiger partial charge in [-0.05, 0) is 92.7 Å². The highest BCUT2D eigenvalue weighted by Gasteiger charge is 2.40. The van der Waals surface area contributed by atoms with Crippen LogP contribution in [0, 0.1) is 0 Å². The van der Waals surface area contributed by atoms with E-state index in [1.807, 2.05) is 0 Å². The van der Waals surface area contributed by atoms with Crippen LogP contribution in [0.25, 0.3) is 33.0 Å². The maximum Gasteiger partial charge on any atom is 0.0491 e. The second-order valence-electron chi connectivity index (χ2n) is 14.9. The summed E-state index contributed by atoms with van der Waals surface area (Å²) < 4.78 is 0. The molecule has 0 fully saturated rings. The summed E-state index contributed by atoms with van der Waals surface area (Å²) in [5, 5.41) is 2.52. The van der Waals surface area contributed by atoms with Gasteiger partial charge in [-0.15, -0.1) is 0 Å². The molecular weight excluding hydrogens is 605 g/mol. The summed E-state index contributed by atoms with van der Waals surface area (Å²) in [5.41, 5.74) is 17.0. The van der Waals surface area contributed by atoms with Gasteiger partial charge in [0.2, 0.25) is 0 Å². The summed E-state index contributed by atoms with van der Waals surface area (Å²) in [4.78, 5) is 4.72. The molecule has 7 aromatic carbocycles. The molecule has 0 amide bonds. The van der Waals surface area contributed by atoms with E-state index in [1.165, 1.54) is 83.6 Å². The quantitative estimate of drug-likeness (QED) is 0.177. The maximum absolute atomic E-state index is 2.44. The van der Waals surface area contributed by atoms with E-state index in [2.05, 4.69) is 196 Å². The molecule has 2 heteroatoms. The van der Waals surface area contributed by atoms with E-state index in [0.717, 1.165) is 6.42 Å². The lowest BCUT2D eigenvalue weighted by Crippen LogP contribution is -2.24. The Balaban J connectivity index is 1.08. The Morgan fingerprint density at radius 1 is 0.460 bits per heavy atom. The van der Waals surface area contributed by atoms with Crippen LogP contribution in [0.3, 0.4) is 0 Å². The molecule has 0 aliphatic heterocycles. The molecule has 0 N–H and O–H groups in total. The lowest BCUT2D eigenvalue weighted by molar-refractivity contribution is 0.583. The normalized spacial score (nSPS) is 16.4. The molecule has 244 valence electrons. The van der Waals surface area contributed by atoms with Gasteiger partial charge in [0, 0.05) is 58.6 Å². The number of benzene rings is 7. The van der Waals surface area contributed by atoms with Crippen molar-refractivity contribution in [3.8, 4) is 22.3 Å². The molecule has 0 heterocycles. The molecule has 0 bridgehead atoms. The van der Waals surface area contributed by atoms with E-state index in [4.69, 9.17) is 0 Å². The molecular formula is C48H42N2. The summed E-state index contributed by atoms with van der Waals surface area (Å²) in [6.07, 6.45) is 0.917. The number of rotatable bonds is 6. The third-order valence-electron chi connectivity index (χ3n) is 11.7. The van der Waals surface area contributed by atoms with Crippen LogP contribution in [0.5, 0.6) is 0 Å². The van der Waals surface area contributed by atoms with Gasteiger partial charge in [0.1, 0.15) is 0 Å². The molecule has 2 aliphatic carbocycles. The summed E-state index contributed by atoms with van der Waals surface area (Å²) >= 11 is 0. The number of hydrogen-bond acceptors (Lipinski definition) is 2. The molecule has 0 spiro atoms. The fourth-order valence-corrected chi connectivity index (χ4v) is 9.06. The van der Waals surface area contributed by atoms with Crippen molar-refractivity contribution in [2.24, 2.45) is 0 Å². The fraction of sp³-hybridized carbons (Fsp3) is 0.167. The minimum Gasteiger partial charge on any atom is -0.344 e. The van der Waals surface area contributed by atoms with E-state index in [0.29, 0.717) is 0 Å². The highest BCUT2D eigenvalue weighted by molar-refractivity contribution is 5.97. The average molecular weight is 647 g/mol. The predicted octanol–water partition coefficient (Wildman–Crippen LogP) is 12.2. The summed E-state index contributed by atoms with van der Waals surface area (Å²) in [6.45, 7) is 7.14. The number of nitrogens with zero attached hydrogens (tertiary/aromatic N) is 2. The Morgan fingerprint density at radius 2 is 1.06 bits per heavy atom. The van der Waals surface area contributed by atoms with Crippen molar-refractivity contribution >= 4 is 33.5 Å². The first-order valence-electron chi connectivity index (χ1n) is 17.8. The Morgan fingerprint density at radius 3 is 1.92 bits per heavy atom. The van der Waals surface area contributed by atoms with E-state index >= 15 is 0 Å². The van der Waals surface area contributed by atoms with Crippen molar-refractivity contribution < 1.29 is 0 Å². The highest BCUT2D eigenvalue weighted by atomic mass is 15.1. The number of hydrogen-bond donors (Lipinski definition) is 0. The van der Waals surface area contributed by atoms with Gasteiger partial charge in [0.15, 0.2) is 0 Å². The lowest BCUT2D eigenvalue weighted by atomic mass is 9.75. The first-order valence-corrected chi connectivity index (χ1v) is 17.8. The zero-order valence-corrected chi connectivity index (χ0v) is 29.5. The molecule has 2 nitrogen and oxygen atoms in total. The molecule has 1 unspecified atom stereocenters. The molecule has 1 atom stereocenters. The average Bonchev–Trinajstić information content (AvgIpc) is 3.54. The first kappa shape index (κ1) is 30.5. The SMILES string of the molecule is CN(c1cccc(CC2(C)c3ccccc3-c3cc(N(C)c4cccc5ccccc45)ccc32)c1)c1cccc2c1-c1ccccc1C2(C)C. The number of fused-ring (bicyclic) bond motifs is 7. The van der Waals surface area contributed by atoms with Crippen LogP contribution >= 0.6 is 0 Å². The van der Waals surface area contributed by atoms with Crippen LogP contribution in [0.15, 0.2) is 152 Å². The molecule has 2 aliphatic rings. The third-order valence-corrected chi connectivity index (χ3v) is 11.7. The third kappa shape index (κ3) is 4.48. The second kappa shape index (κ2) is 11.2. The van der Waals surface area contributed by atoms with Gasteiger partial charge in [0.05, 0.1) is 0 Å². The van der Waals surface area contributed by atoms with Gasteiger partial charge in [-0.25, -0.2) is 0 Å². The fourth-order valence-electron chi connectivity index (χ4n) is 9.06. The van der Waals surface area contributed by atoms with Crippen LogP contribution in [-0.2, 0) is 17.3 Å². The monoisotopic (exact) mass is 646 g/mol. The van der Waals surface area contributed by atoms with Crippen LogP contribution in [0.2, 0.25) is 0 Å². The Bertz CT molecular complexity index is 2450. The van der Waals surface area contributed by atoms with E-state index in [-0.39, 0.29) is 10.8 Å². The van der Waals surface area contributed by atoms with E-state index in [9.17, 15) is 0 Å². The Hall–Kier alpha value is -5.60. The first-order chi connectivity index (χ1) is 24.3. The number of anilines is 4. The van der Waals surface area contributed by atoms with Gasteiger partial charge >= 0.3 is 0 Å². The lowest BCUT2D eigenvalue weighted by Gasteiger charge is -2.29. The van der Waals surface area contributed by atoms with E-state index in [1.54, 1.807) is 0 Å². The van der Waals surface area contributed by atoms with Crippen LogP contribution in [0.4, 0.5) is 22.7 Å². The van der Waals surface area contributed by atoms with Crippen LogP contribution in [-0.4, -0.2) is 14.1 Å². The van der Waals surface area contributed by atoms with Gasteiger partial charge < -0.3 is 9.80 Å². The van der Waals surface area contributed by atoms with Crippen LogP contribution < -0.4 is 9.80 Å². The van der Waals surface area contributed by atoms with Gasteiger partial charge in [-0.1, -0.05) is 136 Å². The summed E-state index contributed by atoms with van der Waals surface area (Å²) in [5.74, 6) is 0. The van der Waals surface area contributed by atoms with Gasteiger partial charge in [0.25, 0.3) is 0 Å². The molecule has 0 radical (unpaired) electrons. The van der Waals surface area contributed by atoms with Crippen molar-refractivity contribution in [2.75, 3.05) is 23.9 Å². The zero-order valence-electron chi connectivity index (χ0n) is 29.5. The van der Waals surface area contributed by atoms with Crippen molar-refractivity contribution in [1.82, 2.24) is 0 Å². The highest BCUT2D eigenvalue weighted by Crippen LogP contribution is 2.54. The van der Waals surface area contributed by atoms with Crippen LogP contribution in [0.1, 0.15) is 48.6 Å². The van der Waals surface area contributed by atoms with Gasteiger partial charge in [-0.2, -0.15) is 0 Å². The maximum atomic E-state index is 2.44. The predicted molar refractivity (Wildman–Crippen MR) is 213 cm³/mol. The Kier molecular flexibility index (Phi) is 6.83. The molecule has 9 rings (SSSR count). The van der Waals surface area contributed by atoms with Crippen molar-refractivity contribution in [1.29, 1.82) is 0 Å². The molecule has 7 aromatic rings. The molecule has 50 heavy (non-hydrogen) atoms. The largest absolute Gasteiger partial charge is 0.344 e. The van der Waals surface area contributed by atoms with Gasteiger partial charge in [-0.3, -0.25) is 0 Å². The summed E-state index contributed by atoms with van der Waals surface area (Å²) in [7, 11) is 4.41. The van der Waals surface area contributed by atoms with Crippen molar-refractivity contribution in [3.63, 3.8) is 0 Å². The topological polar surface area (TPSA) is 6.48 Å². The summed E-state index contributed by atoms with van der Waals surface area (Å²) in [6, 6.07) is 56.3. The van der Waals surface area contributed by atoms with E-state index < -0.39 is 0 Å². The Labute approximate surface area is 296 Å². The van der Waals surface area contributed by atoms with Crippen molar-refractivity contribution in [2.45, 2.75) is 38.0 Å². The molecule has 0 aromatic heterocycles. The second-order valence-corrected chi connectivity index (χ2v) is 14.9. The standard InChI is InChI=1S/C48H42N2/c1-47(2)40-22-10-9-21-38(40)46-43(47)24-14-26-45(46)50(5)34-18-12-15-32(29-34)31-48(3)41-23-11-8-20-37(41)39-30-35(27-28-42(39)48)49(4)44-25-13-17-33-16-6-7-19-36(33)44/h6-30H,31H2,1-5H3. The minimum absolute atomic E-state index is 0.0218. The van der Waals surface area contributed by atoms with Crippen molar-refractivity contribution in [3.05, 3.63) is 179 Å². The zero-order chi connectivity index (χ0) is 34.2. The minimum atomic E-state index is -0.156.